The highest BCUT2D eigenvalue weighted by Crippen LogP contribution is 2.28. The normalized spacial score (nSPS) is 13.6. The zero-order chi connectivity index (χ0) is 25.7. The van der Waals surface area contributed by atoms with E-state index in [1.165, 1.54) is 11.1 Å². The Hall–Kier alpha value is -3.27. The highest BCUT2D eigenvalue weighted by Gasteiger charge is 2.26. The summed E-state index contributed by atoms with van der Waals surface area (Å²) in [5.74, 6) is 0.757. The molecule has 4 aromatic rings. The van der Waals surface area contributed by atoms with Gasteiger partial charge in [-0.15, -0.1) is 0 Å². The maximum Gasteiger partial charge on any atom is 0.263 e. The summed E-state index contributed by atoms with van der Waals surface area (Å²) in [6.07, 6.45) is 1.52. The van der Waals surface area contributed by atoms with Gasteiger partial charge in [-0.25, -0.2) is 13.4 Å². The molecule has 0 aliphatic carbocycles. The topological polar surface area (TPSA) is 87.2 Å². The van der Waals surface area contributed by atoms with Gasteiger partial charge >= 0.3 is 0 Å². The Morgan fingerprint density at radius 3 is 2.24 bits per heavy atom. The molecular formula is C28H28BrN5O2S. The van der Waals surface area contributed by atoms with Crippen molar-refractivity contribution in [3.63, 3.8) is 0 Å². The Morgan fingerprint density at radius 1 is 0.865 bits per heavy atom. The first-order chi connectivity index (χ1) is 18.0. The number of benzene rings is 3. The molecule has 5 rings (SSSR count). The van der Waals surface area contributed by atoms with Crippen LogP contribution < -0.4 is 10.0 Å². The van der Waals surface area contributed by atoms with E-state index >= 15 is 0 Å². The number of halogens is 1. The molecule has 0 bridgehead atoms. The largest absolute Gasteiger partial charge is 0.354 e. The average molecular weight is 579 g/mol. The van der Waals surface area contributed by atoms with Gasteiger partial charge in [0.25, 0.3) is 10.0 Å². The SMILES string of the molecule is O=S(=O)(Nc1nc(NCCc2ccccc2)nc2c1CN(Cc1ccccc1)CC2)c1ccc(Br)cc1. The highest BCUT2D eigenvalue weighted by atomic mass is 79.9. The molecular weight excluding hydrogens is 550 g/mol. The Bertz CT molecular complexity index is 1450. The lowest BCUT2D eigenvalue weighted by Crippen LogP contribution is -2.32. The lowest BCUT2D eigenvalue weighted by atomic mass is 10.1. The average Bonchev–Trinajstić information content (AvgIpc) is 2.90. The third kappa shape index (κ3) is 6.54. The van der Waals surface area contributed by atoms with Crippen LogP contribution in [0.5, 0.6) is 0 Å². The predicted molar refractivity (Wildman–Crippen MR) is 150 cm³/mol. The number of rotatable bonds is 9. The van der Waals surface area contributed by atoms with Crippen LogP contribution in [0.15, 0.2) is 94.3 Å². The molecule has 0 saturated carbocycles. The molecule has 0 amide bonds. The van der Waals surface area contributed by atoms with Crippen molar-refractivity contribution < 1.29 is 8.42 Å². The smallest absolute Gasteiger partial charge is 0.263 e. The number of aromatic nitrogens is 2. The summed E-state index contributed by atoms with van der Waals surface area (Å²) in [7, 11) is -3.83. The van der Waals surface area contributed by atoms with E-state index in [4.69, 9.17) is 4.98 Å². The summed E-state index contributed by atoms with van der Waals surface area (Å²) in [6.45, 7) is 2.81. The van der Waals surface area contributed by atoms with Crippen LogP contribution in [0.1, 0.15) is 22.4 Å². The summed E-state index contributed by atoms with van der Waals surface area (Å²) in [5.41, 5.74) is 4.11. The van der Waals surface area contributed by atoms with E-state index in [9.17, 15) is 8.42 Å². The minimum absolute atomic E-state index is 0.179. The van der Waals surface area contributed by atoms with E-state index in [1.807, 2.05) is 36.4 Å². The third-order valence-electron chi connectivity index (χ3n) is 6.28. The van der Waals surface area contributed by atoms with Gasteiger partial charge < -0.3 is 5.32 Å². The van der Waals surface area contributed by atoms with Crippen LogP contribution in [0.25, 0.3) is 0 Å². The molecule has 0 atom stereocenters. The van der Waals surface area contributed by atoms with E-state index in [-0.39, 0.29) is 4.90 Å². The molecule has 7 nitrogen and oxygen atoms in total. The number of nitrogens with zero attached hydrogens (tertiary/aromatic N) is 3. The van der Waals surface area contributed by atoms with E-state index in [2.05, 4.69) is 60.1 Å². The van der Waals surface area contributed by atoms with E-state index in [0.29, 0.717) is 31.3 Å². The van der Waals surface area contributed by atoms with E-state index < -0.39 is 10.0 Å². The molecule has 0 unspecified atom stereocenters. The zero-order valence-electron chi connectivity index (χ0n) is 20.3. The van der Waals surface area contributed by atoms with Crippen molar-refractivity contribution in [2.45, 2.75) is 30.8 Å². The maximum absolute atomic E-state index is 13.3. The van der Waals surface area contributed by atoms with Gasteiger partial charge in [-0.05, 0) is 41.8 Å². The van der Waals surface area contributed by atoms with Gasteiger partial charge in [-0.1, -0.05) is 76.6 Å². The van der Waals surface area contributed by atoms with Crippen molar-refractivity contribution >= 4 is 37.7 Å². The van der Waals surface area contributed by atoms with Crippen LogP contribution in [0.2, 0.25) is 0 Å². The third-order valence-corrected chi connectivity index (χ3v) is 8.17. The Labute approximate surface area is 226 Å². The van der Waals surface area contributed by atoms with Gasteiger partial charge in [0.2, 0.25) is 5.95 Å². The van der Waals surface area contributed by atoms with Crippen LogP contribution in [-0.2, 0) is 36.0 Å². The van der Waals surface area contributed by atoms with Crippen molar-refractivity contribution in [1.82, 2.24) is 14.9 Å². The fourth-order valence-corrected chi connectivity index (χ4v) is 5.67. The van der Waals surface area contributed by atoms with Crippen molar-refractivity contribution in [3.8, 4) is 0 Å². The Balaban J connectivity index is 1.41. The van der Waals surface area contributed by atoms with Gasteiger partial charge in [-0.3, -0.25) is 9.62 Å². The second kappa shape index (κ2) is 11.4. The second-order valence-electron chi connectivity index (χ2n) is 8.99. The molecule has 2 N–H and O–H groups in total. The molecule has 0 saturated heterocycles. The van der Waals surface area contributed by atoms with Crippen LogP contribution in [0.3, 0.4) is 0 Å². The monoisotopic (exact) mass is 577 g/mol. The highest BCUT2D eigenvalue weighted by molar-refractivity contribution is 9.10. The summed E-state index contributed by atoms with van der Waals surface area (Å²) < 4.78 is 30.1. The Morgan fingerprint density at radius 2 is 1.54 bits per heavy atom. The quantitative estimate of drug-likeness (QED) is 0.282. The zero-order valence-corrected chi connectivity index (χ0v) is 22.7. The van der Waals surface area contributed by atoms with Crippen LogP contribution in [0, 0.1) is 0 Å². The number of fused-ring (bicyclic) bond motifs is 1. The summed E-state index contributed by atoms with van der Waals surface area (Å²) in [6, 6.07) is 27.0. The van der Waals surface area contributed by atoms with Gasteiger partial charge in [0.05, 0.1) is 10.6 Å². The fourth-order valence-electron chi connectivity index (χ4n) is 4.37. The number of nitrogens with one attached hydrogen (secondary N) is 2. The molecule has 1 aromatic heterocycles. The minimum atomic E-state index is -3.83. The maximum atomic E-state index is 13.3. The van der Waals surface area contributed by atoms with E-state index in [0.717, 1.165) is 35.2 Å². The number of hydrogen-bond acceptors (Lipinski definition) is 6. The van der Waals surface area contributed by atoms with Crippen LogP contribution >= 0.6 is 15.9 Å². The number of sulfonamides is 1. The first-order valence-corrected chi connectivity index (χ1v) is 14.5. The molecule has 37 heavy (non-hydrogen) atoms. The second-order valence-corrected chi connectivity index (χ2v) is 11.6. The van der Waals surface area contributed by atoms with Crippen molar-refractivity contribution in [3.05, 3.63) is 112 Å². The molecule has 1 aliphatic heterocycles. The minimum Gasteiger partial charge on any atom is -0.354 e. The first-order valence-electron chi connectivity index (χ1n) is 12.2. The molecule has 1 aliphatic rings. The van der Waals surface area contributed by atoms with Gasteiger partial charge in [0.1, 0.15) is 5.82 Å². The van der Waals surface area contributed by atoms with Crippen molar-refractivity contribution in [2.24, 2.45) is 0 Å². The van der Waals surface area contributed by atoms with Crippen LogP contribution in [-0.4, -0.2) is 36.4 Å². The molecule has 190 valence electrons. The lowest BCUT2D eigenvalue weighted by molar-refractivity contribution is 0.243. The molecule has 3 aromatic carbocycles. The van der Waals surface area contributed by atoms with Crippen molar-refractivity contribution in [1.29, 1.82) is 0 Å². The van der Waals surface area contributed by atoms with Gasteiger partial charge in [0.15, 0.2) is 0 Å². The van der Waals surface area contributed by atoms with E-state index in [1.54, 1.807) is 24.3 Å². The lowest BCUT2D eigenvalue weighted by Gasteiger charge is -2.29. The number of hydrogen-bond donors (Lipinski definition) is 2. The number of anilines is 2. The standard InChI is InChI=1S/C28H28BrN5O2S/c29-23-11-13-24(14-12-23)37(35,36)33-27-25-20-34(19-22-9-5-2-6-10-22)18-16-26(25)31-28(32-27)30-17-15-21-7-3-1-4-8-21/h1-14H,15-20H2,(H2,30,31,32,33). The van der Waals surface area contributed by atoms with Crippen molar-refractivity contribution in [2.75, 3.05) is 23.1 Å². The summed E-state index contributed by atoms with van der Waals surface area (Å²) in [5, 5.41) is 3.29. The molecule has 9 heteroatoms. The van der Waals surface area contributed by atoms with Gasteiger partial charge in [0, 0.05) is 42.6 Å². The van der Waals surface area contributed by atoms with Crippen LogP contribution in [0.4, 0.5) is 11.8 Å². The molecule has 0 fully saturated rings. The van der Waals surface area contributed by atoms with Gasteiger partial charge in [-0.2, -0.15) is 4.98 Å². The molecule has 0 spiro atoms. The Kier molecular flexibility index (Phi) is 7.83. The predicted octanol–water partition coefficient (Wildman–Crippen LogP) is 5.25. The summed E-state index contributed by atoms with van der Waals surface area (Å²) in [4.78, 5) is 11.9. The fraction of sp³-hybridized carbons (Fsp3) is 0.214. The first kappa shape index (κ1) is 25.4. The molecule has 0 radical (unpaired) electrons. The molecule has 2 heterocycles. The summed E-state index contributed by atoms with van der Waals surface area (Å²) >= 11 is 3.36.